The van der Waals surface area contributed by atoms with Crippen LogP contribution in [0.2, 0.25) is 0 Å². The van der Waals surface area contributed by atoms with Crippen molar-refractivity contribution in [3.8, 4) is 11.5 Å². The summed E-state index contributed by atoms with van der Waals surface area (Å²) < 4.78 is 15.7. The highest BCUT2D eigenvalue weighted by Gasteiger charge is 2.33. The van der Waals surface area contributed by atoms with Gasteiger partial charge in [-0.2, -0.15) is 0 Å². The molecule has 2 aromatic rings. The quantitative estimate of drug-likeness (QED) is 0.493. The fourth-order valence-electron chi connectivity index (χ4n) is 3.06. The zero-order valence-electron chi connectivity index (χ0n) is 17.1. The minimum atomic E-state index is -0.616. The van der Waals surface area contributed by atoms with Gasteiger partial charge in [0.15, 0.2) is 0 Å². The second kappa shape index (κ2) is 10.1. The molecule has 30 heavy (non-hydrogen) atoms. The first kappa shape index (κ1) is 21.6. The summed E-state index contributed by atoms with van der Waals surface area (Å²) in [5, 5.41) is 5.61. The Balaban J connectivity index is 1.92. The first-order valence-corrected chi connectivity index (χ1v) is 10.4. The number of hydrogen-bond donors (Lipinski definition) is 2. The van der Waals surface area contributed by atoms with Crippen molar-refractivity contribution in [2.24, 2.45) is 0 Å². The largest absolute Gasteiger partial charge is 0.497 e. The van der Waals surface area contributed by atoms with Gasteiger partial charge in [0, 0.05) is 16.3 Å². The average Bonchev–Trinajstić information content (AvgIpc) is 2.77. The predicted octanol–water partition coefficient (Wildman–Crippen LogP) is 3.67. The van der Waals surface area contributed by atoms with Crippen LogP contribution in [0, 0.1) is 0 Å². The smallest absolute Gasteiger partial charge is 0.338 e. The fourth-order valence-corrected chi connectivity index (χ4v) is 3.92. The third-order valence-corrected chi connectivity index (χ3v) is 5.58. The molecular weight excluding hydrogens is 404 g/mol. The Bertz CT molecular complexity index is 926. The van der Waals surface area contributed by atoms with Gasteiger partial charge in [0.25, 0.3) is 0 Å². The third kappa shape index (κ3) is 5.07. The summed E-state index contributed by atoms with van der Waals surface area (Å²) >= 11 is 1.51. The molecule has 2 amide bonds. The van der Waals surface area contributed by atoms with Crippen LogP contribution in [0.15, 0.2) is 64.7 Å². The van der Waals surface area contributed by atoms with Gasteiger partial charge >= 0.3 is 12.0 Å². The van der Waals surface area contributed by atoms with Crippen LogP contribution in [0.3, 0.4) is 0 Å². The monoisotopic (exact) mass is 428 g/mol. The number of benzene rings is 2. The molecule has 0 unspecified atom stereocenters. The minimum absolute atomic E-state index is 0.241. The average molecular weight is 429 g/mol. The van der Waals surface area contributed by atoms with E-state index >= 15 is 0 Å². The Labute approximate surface area is 179 Å². The van der Waals surface area contributed by atoms with Crippen LogP contribution in [0.4, 0.5) is 4.79 Å². The molecule has 3 rings (SSSR count). The van der Waals surface area contributed by atoms with E-state index in [2.05, 4.69) is 10.6 Å². The van der Waals surface area contributed by atoms with E-state index in [1.165, 1.54) is 11.8 Å². The van der Waals surface area contributed by atoms with E-state index in [9.17, 15) is 9.59 Å². The lowest BCUT2D eigenvalue weighted by atomic mass is 9.95. The molecule has 2 aromatic carbocycles. The van der Waals surface area contributed by atoms with Crippen molar-refractivity contribution >= 4 is 23.8 Å². The van der Waals surface area contributed by atoms with E-state index in [0.29, 0.717) is 22.8 Å². The van der Waals surface area contributed by atoms with Crippen molar-refractivity contribution in [3.05, 3.63) is 65.4 Å². The zero-order chi connectivity index (χ0) is 21.5. The summed E-state index contributed by atoms with van der Waals surface area (Å²) in [5.74, 6) is 1.40. The van der Waals surface area contributed by atoms with Gasteiger partial charge in [-0.15, -0.1) is 11.8 Å². The first-order valence-electron chi connectivity index (χ1n) is 9.44. The maximum atomic E-state index is 12.8. The molecule has 8 heteroatoms. The van der Waals surface area contributed by atoms with Gasteiger partial charge in [-0.3, -0.25) is 0 Å². The van der Waals surface area contributed by atoms with Crippen molar-refractivity contribution in [2.45, 2.75) is 17.9 Å². The number of ether oxygens (including phenoxy) is 3. The van der Waals surface area contributed by atoms with Gasteiger partial charge in [-0.25, -0.2) is 9.59 Å². The lowest BCUT2D eigenvalue weighted by molar-refractivity contribution is -0.139. The maximum Gasteiger partial charge on any atom is 0.338 e. The van der Waals surface area contributed by atoms with Crippen LogP contribution in [-0.4, -0.2) is 38.6 Å². The Kier molecular flexibility index (Phi) is 7.24. The van der Waals surface area contributed by atoms with Crippen LogP contribution in [-0.2, 0) is 9.53 Å². The van der Waals surface area contributed by atoms with Gasteiger partial charge in [-0.1, -0.05) is 12.1 Å². The number of amides is 2. The van der Waals surface area contributed by atoms with Crippen LogP contribution in [0.5, 0.6) is 11.5 Å². The van der Waals surface area contributed by atoms with Crippen molar-refractivity contribution < 1.29 is 23.8 Å². The molecule has 1 aliphatic rings. The number of thioether (sulfide) groups is 1. The standard InChI is InChI=1S/C22H24N2O5S/c1-4-29-21(25)19-18(13-30-17-11-9-16(28-3)10-12-17)23-22(26)24-20(19)14-5-7-15(27-2)8-6-14/h5-12,20H,4,13H2,1-3H3,(H2,23,24,26)/t20-/m0/s1. The van der Waals surface area contributed by atoms with Crippen molar-refractivity contribution in [3.63, 3.8) is 0 Å². The van der Waals surface area contributed by atoms with Gasteiger partial charge < -0.3 is 24.8 Å². The highest BCUT2D eigenvalue weighted by atomic mass is 32.2. The molecule has 0 fully saturated rings. The number of urea groups is 1. The molecule has 2 N–H and O–H groups in total. The lowest BCUT2D eigenvalue weighted by Crippen LogP contribution is -2.46. The number of carbonyl (C=O) groups is 2. The van der Waals surface area contributed by atoms with Crippen LogP contribution in [0.1, 0.15) is 18.5 Å². The molecular formula is C22H24N2O5S. The molecule has 158 valence electrons. The Hall–Kier alpha value is -3.13. The second-order valence-corrected chi connectivity index (χ2v) is 7.43. The second-order valence-electron chi connectivity index (χ2n) is 6.38. The van der Waals surface area contributed by atoms with Gasteiger partial charge in [0.1, 0.15) is 11.5 Å². The zero-order valence-corrected chi connectivity index (χ0v) is 17.9. The summed E-state index contributed by atoms with van der Waals surface area (Å²) in [6.45, 7) is 1.99. The number of carbonyl (C=O) groups excluding carboxylic acids is 2. The van der Waals surface area contributed by atoms with Gasteiger partial charge in [-0.05, 0) is 48.9 Å². The molecule has 0 saturated heterocycles. The lowest BCUT2D eigenvalue weighted by Gasteiger charge is -2.29. The van der Waals surface area contributed by atoms with E-state index in [1.54, 1.807) is 33.3 Å². The minimum Gasteiger partial charge on any atom is -0.497 e. The number of hydrogen-bond acceptors (Lipinski definition) is 6. The molecule has 0 bridgehead atoms. The maximum absolute atomic E-state index is 12.8. The van der Waals surface area contributed by atoms with E-state index in [0.717, 1.165) is 16.2 Å². The van der Waals surface area contributed by atoms with Crippen molar-refractivity contribution in [1.82, 2.24) is 10.6 Å². The highest BCUT2D eigenvalue weighted by Crippen LogP contribution is 2.32. The van der Waals surface area contributed by atoms with Gasteiger partial charge in [0.05, 0.1) is 32.4 Å². The van der Waals surface area contributed by atoms with E-state index in [-0.39, 0.29) is 12.6 Å². The van der Waals surface area contributed by atoms with E-state index < -0.39 is 12.0 Å². The molecule has 0 radical (unpaired) electrons. The van der Waals surface area contributed by atoms with E-state index in [4.69, 9.17) is 14.2 Å². The Morgan fingerprint density at radius 2 is 1.60 bits per heavy atom. The Morgan fingerprint density at radius 1 is 1.00 bits per heavy atom. The van der Waals surface area contributed by atoms with Crippen LogP contribution < -0.4 is 20.1 Å². The number of nitrogens with one attached hydrogen (secondary N) is 2. The summed E-state index contributed by atoms with van der Waals surface area (Å²) in [6, 6.07) is 13.8. The molecule has 1 atom stereocenters. The Morgan fingerprint density at radius 3 is 2.17 bits per heavy atom. The molecule has 7 nitrogen and oxygen atoms in total. The fraction of sp³-hybridized carbons (Fsp3) is 0.273. The summed E-state index contributed by atoms with van der Waals surface area (Å²) in [5.41, 5.74) is 1.68. The summed E-state index contributed by atoms with van der Waals surface area (Å²) in [6.07, 6.45) is 0. The first-order chi connectivity index (χ1) is 14.5. The summed E-state index contributed by atoms with van der Waals surface area (Å²) in [4.78, 5) is 26.1. The number of esters is 1. The number of methoxy groups -OCH3 is 2. The molecule has 0 aromatic heterocycles. The molecule has 0 saturated carbocycles. The molecule has 1 heterocycles. The van der Waals surface area contributed by atoms with Crippen molar-refractivity contribution in [2.75, 3.05) is 26.6 Å². The number of rotatable bonds is 8. The normalized spacial score (nSPS) is 15.8. The third-order valence-electron chi connectivity index (χ3n) is 4.54. The molecule has 0 spiro atoms. The van der Waals surface area contributed by atoms with Crippen molar-refractivity contribution in [1.29, 1.82) is 0 Å². The van der Waals surface area contributed by atoms with E-state index in [1.807, 2.05) is 36.4 Å². The highest BCUT2D eigenvalue weighted by molar-refractivity contribution is 7.99. The molecule has 0 aliphatic carbocycles. The summed E-state index contributed by atoms with van der Waals surface area (Å²) in [7, 11) is 3.20. The molecule has 1 aliphatic heterocycles. The topological polar surface area (TPSA) is 85.9 Å². The SMILES string of the molecule is CCOC(=O)C1=C(CSc2ccc(OC)cc2)NC(=O)N[C@H]1c1ccc(OC)cc1. The van der Waals surface area contributed by atoms with Crippen LogP contribution in [0.25, 0.3) is 0 Å². The predicted molar refractivity (Wildman–Crippen MR) is 115 cm³/mol. The van der Waals surface area contributed by atoms with Gasteiger partial charge in [0.2, 0.25) is 0 Å². The van der Waals surface area contributed by atoms with Crippen LogP contribution >= 0.6 is 11.8 Å².